The standard InChI is InChI=1S/C27H35N5O3S/c1-16(2)23-13-8-9-14-24(23)35-18(5)25-30-31-27(32(25)17(3)4)36-19(6)26(34)29-22-12-10-11-21(15-22)28-20(7)33/h8-19H,1-7H3,(H,28,33)(H,29,34). The summed E-state index contributed by atoms with van der Waals surface area (Å²) in [4.78, 5) is 24.2. The Kier molecular flexibility index (Phi) is 9.14. The Morgan fingerprint density at radius 1 is 0.917 bits per heavy atom. The Morgan fingerprint density at radius 2 is 1.58 bits per heavy atom. The van der Waals surface area contributed by atoms with Crippen molar-refractivity contribution in [3.05, 3.63) is 59.9 Å². The lowest BCUT2D eigenvalue weighted by molar-refractivity contribution is -0.115. The first kappa shape index (κ1) is 27.3. The maximum atomic E-state index is 12.9. The van der Waals surface area contributed by atoms with E-state index in [4.69, 9.17) is 4.74 Å². The molecule has 2 aromatic carbocycles. The molecule has 0 saturated heterocycles. The van der Waals surface area contributed by atoms with Gasteiger partial charge in [-0.15, -0.1) is 10.2 Å². The lowest BCUT2D eigenvalue weighted by Gasteiger charge is -2.21. The number of thioether (sulfide) groups is 1. The zero-order valence-corrected chi connectivity index (χ0v) is 22.7. The van der Waals surface area contributed by atoms with Crippen LogP contribution in [0.25, 0.3) is 0 Å². The summed E-state index contributed by atoms with van der Waals surface area (Å²) in [7, 11) is 0. The van der Waals surface area contributed by atoms with Crippen LogP contribution in [0, 0.1) is 0 Å². The van der Waals surface area contributed by atoms with E-state index in [1.165, 1.54) is 18.7 Å². The van der Waals surface area contributed by atoms with Gasteiger partial charge in [0, 0.05) is 24.3 Å². The summed E-state index contributed by atoms with van der Waals surface area (Å²) in [5, 5.41) is 14.7. The quantitative estimate of drug-likeness (QED) is 0.316. The van der Waals surface area contributed by atoms with Crippen molar-refractivity contribution in [3.63, 3.8) is 0 Å². The summed E-state index contributed by atoms with van der Waals surface area (Å²) in [6, 6.07) is 15.2. The van der Waals surface area contributed by atoms with E-state index in [2.05, 4.69) is 54.6 Å². The average Bonchev–Trinajstić information content (AvgIpc) is 3.23. The van der Waals surface area contributed by atoms with E-state index in [0.29, 0.717) is 28.3 Å². The summed E-state index contributed by atoms with van der Waals surface area (Å²) in [6.07, 6.45) is -0.324. The van der Waals surface area contributed by atoms with E-state index < -0.39 is 5.25 Å². The first-order valence-corrected chi connectivity index (χ1v) is 13.0. The Bertz CT molecular complexity index is 1210. The predicted octanol–water partition coefficient (Wildman–Crippen LogP) is 6.20. The number of benzene rings is 2. The van der Waals surface area contributed by atoms with Crippen molar-refractivity contribution in [2.24, 2.45) is 0 Å². The van der Waals surface area contributed by atoms with E-state index in [-0.39, 0.29) is 24.0 Å². The second-order valence-electron chi connectivity index (χ2n) is 9.27. The highest BCUT2D eigenvalue weighted by Crippen LogP contribution is 2.33. The van der Waals surface area contributed by atoms with Crippen LogP contribution in [0.4, 0.5) is 11.4 Å². The van der Waals surface area contributed by atoms with Crippen molar-refractivity contribution in [2.75, 3.05) is 10.6 Å². The van der Waals surface area contributed by atoms with Gasteiger partial charge in [-0.2, -0.15) is 0 Å². The van der Waals surface area contributed by atoms with Crippen molar-refractivity contribution in [1.29, 1.82) is 0 Å². The Hall–Kier alpha value is -3.33. The molecule has 0 bridgehead atoms. The number of hydrogen-bond acceptors (Lipinski definition) is 6. The first-order valence-electron chi connectivity index (χ1n) is 12.1. The van der Waals surface area contributed by atoms with Gasteiger partial charge in [-0.25, -0.2) is 0 Å². The second-order valence-corrected chi connectivity index (χ2v) is 10.6. The number of aromatic nitrogens is 3. The molecular formula is C27H35N5O3S. The number of ether oxygens (including phenoxy) is 1. The van der Waals surface area contributed by atoms with Crippen LogP contribution in [0.1, 0.15) is 77.9 Å². The molecular weight excluding hydrogens is 474 g/mol. The number of rotatable bonds is 10. The van der Waals surface area contributed by atoms with Gasteiger partial charge >= 0.3 is 0 Å². The van der Waals surface area contributed by atoms with Crippen molar-refractivity contribution in [1.82, 2.24) is 14.8 Å². The van der Waals surface area contributed by atoms with Crippen molar-refractivity contribution in [3.8, 4) is 5.75 Å². The topological polar surface area (TPSA) is 98.1 Å². The zero-order valence-electron chi connectivity index (χ0n) is 21.9. The number of nitrogens with zero attached hydrogens (tertiary/aromatic N) is 3. The third kappa shape index (κ3) is 6.87. The molecule has 0 radical (unpaired) electrons. The SMILES string of the molecule is CC(=O)Nc1cccc(NC(=O)C(C)Sc2nnc(C(C)Oc3ccccc3C(C)C)n2C(C)C)c1. The molecule has 36 heavy (non-hydrogen) atoms. The molecule has 0 spiro atoms. The molecule has 0 saturated carbocycles. The highest BCUT2D eigenvalue weighted by atomic mass is 32.2. The fourth-order valence-electron chi connectivity index (χ4n) is 3.77. The number of para-hydroxylation sites is 1. The van der Waals surface area contributed by atoms with E-state index >= 15 is 0 Å². The number of carbonyl (C=O) groups is 2. The summed E-state index contributed by atoms with van der Waals surface area (Å²) in [6.45, 7) is 13.6. The molecule has 0 fully saturated rings. The fraction of sp³-hybridized carbons (Fsp3) is 0.407. The monoisotopic (exact) mass is 509 g/mol. The molecule has 3 aromatic rings. The minimum absolute atomic E-state index is 0.0773. The molecule has 0 aliphatic carbocycles. The van der Waals surface area contributed by atoms with E-state index in [0.717, 1.165) is 11.3 Å². The van der Waals surface area contributed by atoms with Gasteiger partial charge in [-0.1, -0.05) is 49.9 Å². The summed E-state index contributed by atoms with van der Waals surface area (Å²) < 4.78 is 8.35. The van der Waals surface area contributed by atoms with Crippen LogP contribution in [0.2, 0.25) is 0 Å². The third-order valence-electron chi connectivity index (χ3n) is 5.52. The van der Waals surface area contributed by atoms with Gasteiger partial charge in [-0.05, 0) is 63.4 Å². The highest BCUT2D eigenvalue weighted by molar-refractivity contribution is 8.00. The van der Waals surface area contributed by atoms with Crippen LogP contribution >= 0.6 is 11.8 Å². The molecule has 2 amide bonds. The maximum Gasteiger partial charge on any atom is 0.237 e. The number of amides is 2. The minimum atomic E-state index is -0.429. The van der Waals surface area contributed by atoms with Gasteiger partial charge in [0.15, 0.2) is 17.1 Å². The van der Waals surface area contributed by atoms with Gasteiger partial charge < -0.3 is 19.9 Å². The number of carbonyl (C=O) groups excluding carboxylic acids is 2. The Labute approximate surface area is 217 Å². The van der Waals surface area contributed by atoms with Crippen LogP contribution in [0.5, 0.6) is 5.75 Å². The van der Waals surface area contributed by atoms with Crippen LogP contribution in [-0.4, -0.2) is 31.8 Å². The molecule has 1 aromatic heterocycles. The number of hydrogen-bond donors (Lipinski definition) is 2. The molecule has 9 heteroatoms. The summed E-state index contributed by atoms with van der Waals surface area (Å²) in [5.41, 5.74) is 2.37. The molecule has 8 nitrogen and oxygen atoms in total. The zero-order chi connectivity index (χ0) is 26.4. The van der Waals surface area contributed by atoms with Crippen molar-refractivity contribution in [2.45, 2.75) is 76.9 Å². The lowest BCUT2D eigenvalue weighted by atomic mass is 10.0. The Balaban J connectivity index is 1.74. The molecule has 1 heterocycles. The molecule has 0 aliphatic heterocycles. The van der Waals surface area contributed by atoms with Crippen LogP contribution in [0.3, 0.4) is 0 Å². The maximum absolute atomic E-state index is 12.9. The molecule has 2 N–H and O–H groups in total. The van der Waals surface area contributed by atoms with Gasteiger partial charge in [0.1, 0.15) is 5.75 Å². The van der Waals surface area contributed by atoms with Crippen LogP contribution in [0.15, 0.2) is 53.7 Å². The van der Waals surface area contributed by atoms with E-state index in [1.807, 2.05) is 36.6 Å². The van der Waals surface area contributed by atoms with Gasteiger partial charge in [0.05, 0.1) is 5.25 Å². The van der Waals surface area contributed by atoms with Crippen molar-refractivity contribution < 1.29 is 14.3 Å². The second kappa shape index (κ2) is 12.1. The van der Waals surface area contributed by atoms with Gasteiger partial charge in [0.25, 0.3) is 0 Å². The molecule has 0 aliphatic rings. The van der Waals surface area contributed by atoms with E-state index in [9.17, 15) is 9.59 Å². The van der Waals surface area contributed by atoms with Crippen LogP contribution < -0.4 is 15.4 Å². The summed E-state index contributed by atoms with van der Waals surface area (Å²) >= 11 is 1.35. The first-order chi connectivity index (χ1) is 17.1. The largest absolute Gasteiger partial charge is 0.482 e. The molecule has 192 valence electrons. The van der Waals surface area contributed by atoms with Crippen molar-refractivity contribution >= 4 is 35.0 Å². The van der Waals surface area contributed by atoms with E-state index in [1.54, 1.807) is 24.3 Å². The molecule has 2 unspecified atom stereocenters. The highest BCUT2D eigenvalue weighted by Gasteiger charge is 2.25. The molecule has 3 rings (SSSR count). The number of anilines is 2. The van der Waals surface area contributed by atoms with Crippen LogP contribution in [-0.2, 0) is 9.59 Å². The number of nitrogens with one attached hydrogen (secondary N) is 2. The minimum Gasteiger partial charge on any atom is -0.482 e. The average molecular weight is 510 g/mol. The summed E-state index contributed by atoms with van der Waals surface area (Å²) in [5.74, 6) is 1.54. The molecule has 2 atom stereocenters. The third-order valence-corrected chi connectivity index (χ3v) is 6.57. The Morgan fingerprint density at radius 3 is 2.22 bits per heavy atom. The smallest absolute Gasteiger partial charge is 0.237 e. The predicted molar refractivity (Wildman–Crippen MR) is 145 cm³/mol. The normalized spacial score (nSPS) is 12.9. The fourth-order valence-corrected chi connectivity index (χ4v) is 4.76. The van der Waals surface area contributed by atoms with Gasteiger partial charge in [0.2, 0.25) is 11.8 Å². The lowest BCUT2D eigenvalue weighted by Crippen LogP contribution is -2.23. The van der Waals surface area contributed by atoms with Gasteiger partial charge in [-0.3, -0.25) is 9.59 Å².